The van der Waals surface area contributed by atoms with Crippen molar-refractivity contribution in [1.29, 1.82) is 0 Å². The first-order valence-electron chi connectivity index (χ1n) is 15.4. The number of pyridine rings is 1. The smallest absolute Gasteiger partial charge is 0.307 e. The molecule has 3 aromatic rings. The maximum absolute atomic E-state index is 13.2. The van der Waals surface area contributed by atoms with E-state index in [9.17, 15) is 14.3 Å². The zero-order valence-electron chi connectivity index (χ0n) is 27.7. The summed E-state index contributed by atoms with van der Waals surface area (Å²) in [4.78, 5) is 21.4. The van der Waals surface area contributed by atoms with Crippen LogP contribution in [0, 0.1) is 18.2 Å². The Morgan fingerprint density at radius 3 is 2.14 bits per heavy atom. The first kappa shape index (κ1) is 35.0. The van der Waals surface area contributed by atoms with Crippen LogP contribution in [0.4, 0.5) is 10.1 Å². The number of halogens is 1. The molecule has 0 spiro atoms. The van der Waals surface area contributed by atoms with E-state index in [1.807, 2.05) is 45.3 Å². The largest absolute Gasteiger partial charge is 0.493 e. The van der Waals surface area contributed by atoms with Crippen molar-refractivity contribution in [3.05, 3.63) is 76.9 Å². The standard InChI is InChI=1S/C32H40FN3O3.C4H10O/c1-22-27(20-29(37)38)31(36-17-15-32(2,3)16-18-36)30(28(34-22)21-35(4)5)24-8-12-26(13-9-24)39-19-14-23-6-10-25(33)11-7-23;1-4(2,3)5/h6-13H,14-21H2,1-5H3,(H,37,38);5H,1-3H3. The molecule has 44 heavy (non-hydrogen) atoms. The number of aliphatic carboxylic acids is 1. The molecule has 1 fully saturated rings. The molecule has 0 aliphatic carbocycles. The fourth-order valence-electron chi connectivity index (χ4n) is 5.21. The molecule has 7 nitrogen and oxygen atoms in total. The van der Waals surface area contributed by atoms with Crippen molar-refractivity contribution < 1.29 is 24.1 Å². The molecule has 4 rings (SSSR count). The minimum atomic E-state index is -0.852. The van der Waals surface area contributed by atoms with Crippen LogP contribution in [0.5, 0.6) is 5.75 Å². The molecule has 0 radical (unpaired) electrons. The highest BCUT2D eigenvalue weighted by atomic mass is 19.1. The summed E-state index contributed by atoms with van der Waals surface area (Å²) in [6.45, 7) is 14.6. The monoisotopic (exact) mass is 607 g/mol. The lowest BCUT2D eigenvalue weighted by Gasteiger charge is -2.40. The second-order valence-electron chi connectivity index (χ2n) is 13.7. The predicted molar refractivity (Wildman–Crippen MR) is 176 cm³/mol. The Kier molecular flexibility index (Phi) is 11.9. The third-order valence-electron chi connectivity index (χ3n) is 7.49. The molecular formula is C36H50FN3O4. The third-order valence-corrected chi connectivity index (χ3v) is 7.49. The van der Waals surface area contributed by atoms with Gasteiger partial charge in [0, 0.05) is 42.9 Å². The van der Waals surface area contributed by atoms with E-state index in [-0.39, 0.29) is 17.7 Å². The van der Waals surface area contributed by atoms with Crippen molar-refractivity contribution in [2.45, 2.75) is 79.4 Å². The van der Waals surface area contributed by atoms with Crippen LogP contribution in [0.2, 0.25) is 0 Å². The quantitative estimate of drug-likeness (QED) is 0.259. The molecule has 240 valence electrons. The number of aliphatic hydroxyl groups is 1. The lowest BCUT2D eigenvalue weighted by Crippen LogP contribution is -2.38. The van der Waals surface area contributed by atoms with E-state index in [0.29, 0.717) is 19.6 Å². The number of ether oxygens (including phenoxy) is 1. The minimum Gasteiger partial charge on any atom is -0.493 e. The van der Waals surface area contributed by atoms with Crippen LogP contribution in [-0.2, 0) is 24.2 Å². The summed E-state index contributed by atoms with van der Waals surface area (Å²) in [6, 6.07) is 14.5. The molecule has 0 amide bonds. The number of anilines is 1. The van der Waals surface area contributed by atoms with Crippen molar-refractivity contribution in [2.24, 2.45) is 5.41 Å². The van der Waals surface area contributed by atoms with E-state index in [2.05, 4.69) is 23.6 Å². The van der Waals surface area contributed by atoms with Crippen molar-refractivity contribution in [3.8, 4) is 16.9 Å². The van der Waals surface area contributed by atoms with Gasteiger partial charge in [-0.1, -0.05) is 38.1 Å². The highest BCUT2D eigenvalue weighted by Crippen LogP contribution is 2.42. The Hall–Kier alpha value is -3.49. The van der Waals surface area contributed by atoms with Gasteiger partial charge in [0.05, 0.1) is 30.0 Å². The maximum Gasteiger partial charge on any atom is 0.307 e. The summed E-state index contributed by atoms with van der Waals surface area (Å²) in [7, 11) is 4.04. The Balaban J connectivity index is 0.000000978. The number of benzene rings is 2. The first-order chi connectivity index (χ1) is 20.5. The van der Waals surface area contributed by atoms with Crippen LogP contribution in [0.25, 0.3) is 11.1 Å². The van der Waals surface area contributed by atoms with Gasteiger partial charge in [-0.05, 0) is 95.4 Å². The van der Waals surface area contributed by atoms with E-state index in [4.69, 9.17) is 14.8 Å². The average Bonchev–Trinajstić information content (AvgIpc) is 2.90. The lowest BCUT2D eigenvalue weighted by molar-refractivity contribution is -0.136. The number of piperidine rings is 1. The molecule has 8 heteroatoms. The van der Waals surface area contributed by atoms with Gasteiger partial charge in [-0.3, -0.25) is 9.78 Å². The number of carboxylic acid groups (broad SMARTS) is 1. The number of carboxylic acids is 1. The summed E-state index contributed by atoms with van der Waals surface area (Å²) in [5, 5.41) is 18.3. The molecular weight excluding hydrogens is 557 g/mol. The van der Waals surface area contributed by atoms with Gasteiger partial charge in [0.15, 0.2) is 0 Å². The average molecular weight is 608 g/mol. The Bertz CT molecular complexity index is 1360. The van der Waals surface area contributed by atoms with E-state index in [1.54, 1.807) is 32.9 Å². The molecule has 1 saturated heterocycles. The Labute approximate surface area is 262 Å². The topological polar surface area (TPSA) is 86.1 Å². The molecule has 2 N–H and O–H groups in total. The first-order valence-corrected chi connectivity index (χ1v) is 15.4. The molecule has 0 unspecified atom stereocenters. The maximum atomic E-state index is 13.2. The molecule has 1 aliphatic rings. The predicted octanol–water partition coefficient (Wildman–Crippen LogP) is 6.91. The number of nitrogens with zero attached hydrogens (tertiary/aromatic N) is 3. The van der Waals surface area contributed by atoms with E-state index in [1.165, 1.54) is 12.1 Å². The van der Waals surface area contributed by atoms with Gasteiger partial charge in [0.25, 0.3) is 0 Å². The number of aromatic nitrogens is 1. The summed E-state index contributed by atoms with van der Waals surface area (Å²) < 4.78 is 19.2. The van der Waals surface area contributed by atoms with Crippen molar-refractivity contribution in [2.75, 3.05) is 38.7 Å². The summed E-state index contributed by atoms with van der Waals surface area (Å²) >= 11 is 0. The van der Waals surface area contributed by atoms with Crippen LogP contribution in [-0.4, -0.2) is 65.5 Å². The normalized spacial score (nSPS) is 14.7. The number of hydrogen-bond acceptors (Lipinski definition) is 6. The van der Waals surface area contributed by atoms with E-state index < -0.39 is 11.6 Å². The van der Waals surface area contributed by atoms with Gasteiger partial charge in [-0.15, -0.1) is 0 Å². The van der Waals surface area contributed by atoms with Crippen molar-refractivity contribution in [3.63, 3.8) is 0 Å². The van der Waals surface area contributed by atoms with Crippen LogP contribution >= 0.6 is 0 Å². The Morgan fingerprint density at radius 2 is 1.61 bits per heavy atom. The van der Waals surface area contributed by atoms with Gasteiger partial charge in [-0.2, -0.15) is 0 Å². The molecule has 0 saturated carbocycles. The van der Waals surface area contributed by atoms with Crippen LogP contribution < -0.4 is 9.64 Å². The SMILES string of the molecule is CC(C)(C)O.Cc1nc(CN(C)C)c(-c2ccc(OCCc3ccc(F)cc3)cc2)c(N2CCC(C)(C)CC2)c1CC(=O)O. The number of carbonyl (C=O) groups is 1. The van der Waals surface area contributed by atoms with Crippen LogP contribution in [0.3, 0.4) is 0 Å². The van der Waals surface area contributed by atoms with Gasteiger partial charge in [-0.25, -0.2) is 4.39 Å². The highest BCUT2D eigenvalue weighted by molar-refractivity contribution is 5.86. The molecule has 2 heterocycles. The van der Waals surface area contributed by atoms with E-state index >= 15 is 0 Å². The summed E-state index contributed by atoms with van der Waals surface area (Å²) in [5.74, 6) is -0.342. The molecule has 0 bridgehead atoms. The third kappa shape index (κ3) is 10.9. The van der Waals surface area contributed by atoms with Gasteiger partial charge < -0.3 is 24.7 Å². The zero-order chi connectivity index (χ0) is 32.7. The summed E-state index contributed by atoms with van der Waals surface area (Å²) in [6.07, 6.45) is 2.72. The molecule has 1 aromatic heterocycles. The Morgan fingerprint density at radius 1 is 1.05 bits per heavy atom. The van der Waals surface area contributed by atoms with Crippen LogP contribution in [0.1, 0.15) is 70.0 Å². The fraction of sp³-hybridized carbons (Fsp3) is 0.500. The van der Waals surface area contributed by atoms with Crippen molar-refractivity contribution in [1.82, 2.24) is 9.88 Å². The zero-order valence-corrected chi connectivity index (χ0v) is 27.7. The number of hydrogen-bond donors (Lipinski definition) is 2. The van der Waals surface area contributed by atoms with Gasteiger partial charge in [0.1, 0.15) is 11.6 Å². The number of rotatable bonds is 10. The fourth-order valence-corrected chi connectivity index (χ4v) is 5.21. The minimum absolute atomic E-state index is 0.0616. The molecule has 2 aromatic carbocycles. The number of aryl methyl sites for hydroxylation is 1. The summed E-state index contributed by atoms with van der Waals surface area (Å²) in [5.41, 5.74) is 6.30. The van der Waals surface area contributed by atoms with Crippen LogP contribution in [0.15, 0.2) is 48.5 Å². The van der Waals surface area contributed by atoms with E-state index in [0.717, 1.165) is 71.0 Å². The lowest BCUT2D eigenvalue weighted by atomic mass is 9.82. The highest BCUT2D eigenvalue weighted by Gasteiger charge is 2.31. The van der Waals surface area contributed by atoms with Gasteiger partial charge in [0.2, 0.25) is 0 Å². The molecule has 0 atom stereocenters. The second-order valence-corrected chi connectivity index (χ2v) is 13.7. The van der Waals surface area contributed by atoms with Gasteiger partial charge >= 0.3 is 5.97 Å². The molecule has 1 aliphatic heterocycles. The second kappa shape index (κ2) is 15.0. The van der Waals surface area contributed by atoms with Crippen molar-refractivity contribution >= 4 is 11.7 Å².